The van der Waals surface area contributed by atoms with Crippen molar-refractivity contribution in [3.05, 3.63) is 29.3 Å². The highest BCUT2D eigenvalue weighted by atomic mass is 35.5. The number of carbonyl (C=O) groups excluding carboxylic acids is 4. The fourth-order valence-electron chi connectivity index (χ4n) is 3.63. The van der Waals surface area contributed by atoms with Gasteiger partial charge in [-0.15, -0.1) is 0 Å². The Kier molecular flexibility index (Phi) is 10.1. The third-order valence-corrected chi connectivity index (χ3v) is 7.29. The van der Waals surface area contributed by atoms with Gasteiger partial charge in [0.05, 0.1) is 10.9 Å². The lowest BCUT2D eigenvalue weighted by molar-refractivity contribution is -0.161. The molecule has 2 unspecified atom stereocenters. The summed E-state index contributed by atoms with van der Waals surface area (Å²) in [5, 5.41) is 13.3. The molecule has 2 atom stereocenters. The smallest absolute Gasteiger partial charge is 0.407 e. The van der Waals surface area contributed by atoms with Gasteiger partial charge in [0.15, 0.2) is 0 Å². The van der Waals surface area contributed by atoms with E-state index in [0.29, 0.717) is 6.42 Å². The van der Waals surface area contributed by atoms with E-state index in [1.54, 1.807) is 10.0 Å². The van der Waals surface area contributed by atoms with Crippen LogP contribution in [0.4, 0.5) is 13.6 Å². The molecule has 1 aromatic rings. The second kappa shape index (κ2) is 12.5. The highest BCUT2D eigenvalue weighted by molar-refractivity contribution is 7.90. The molecule has 0 bridgehead atoms. The molecule has 1 saturated heterocycles. The Balaban J connectivity index is 1.97. The Morgan fingerprint density at radius 2 is 1.76 bits per heavy atom. The number of carboxylic acid groups (broad SMARTS) is 1. The highest BCUT2D eigenvalue weighted by Gasteiger charge is 2.51. The molecule has 1 aliphatic rings. The van der Waals surface area contributed by atoms with Crippen LogP contribution in [0.2, 0.25) is 5.02 Å². The Morgan fingerprint density at radius 3 is 2.32 bits per heavy atom. The van der Waals surface area contributed by atoms with E-state index in [1.165, 1.54) is 26.0 Å². The van der Waals surface area contributed by atoms with Crippen LogP contribution in [0, 0.1) is 5.92 Å². The maximum absolute atomic E-state index is 14.7. The Hall–Kier alpha value is -3.33. The number of rotatable bonds is 11. The quantitative estimate of drug-likeness (QED) is 0.281. The lowest BCUT2D eigenvalue weighted by atomic mass is 9.94. The van der Waals surface area contributed by atoms with Crippen LogP contribution in [0.5, 0.6) is 0 Å². The summed E-state index contributed by atoms with van der Waals surface area (Å²) in [5.41, 5.74) is 0. The van der Waals surface area contributed by atoms with Crippen molar-refractivity contribution in [2.45, 2.75) is 56.0 Å². The van der Waals surface area contributed by atoms with E-state index in [1.807, 2.05) is 0 Å². The number of likely N-dealkylation sites (tertiary alicyclic amines) is 1. The second-order valence-corrected chi connectivity index (χ2v) is 10.9. The van der Waals surface area contributed by atoms with Crippen LogP contribution >= 0.6 is 11.6 Å². The summed E-state index contributed by atoms with van der Waals surface area (Å²) in [6.45, 7) is 2.05. The van der Waals surface area contributed by atoms with Gasteiger partial charge in [-0.05, 0) is 43.0 Å². The molecule has 0 spiro atoms. The molecule has 1 aromatic carbocycles. The molecule has 210 valence electrons. The van der Waals surface area contributed by atoms with Crippen molar-refractivity contribution in [2.75, 3.05) is 13.1 Å². The van der Waals surface area contributed by atoms with Gasteiger partial charge < -0.3 is 15.7 Å². The summed E-state index contributed by atoms with van der Waals surface area (Å²) in [7, 11) is -4.27. The monoisotopic (exact) mass is 580 g/mol. The first kappa shape index (κ1) is 30.9. The molecule has 38 heavy (non-hydrogen) atoms. The van der Waals surface area contributed by atoms with Gasteiger partial charge in [0, 0.05) is 24.5 Å². The fourth-order valence-corrected chi connectivity index (χ4v) is 4.77. The molecular formula is C22H27ClF2N4O8S. The number of Topliss-reactive ketones (excluding diaryl/α,β-unsaturated/α-hetero) is 1. The second-order valence-electron chi connectivity index (χ2n) is 8.79. The van der Waals surface area contributed by atoms with Crippen molar-refractivity contribution in [1.82, 2.24) is 20.3 Å². The van der Waals surface area contributed by atoms with Gasteiger partial charge in [-0.3, -0.25) is 24.1 Å². The van der Waals surface area contributed by atoms with Crippen LogP contribution in [0.1, 0.15) is 33.1 Å². The van der Waals surface area contributed by atoms with Crippen molar-refractivity contribution < 1.29 is 46.3 Å². The first-order valence-corrected chi connectivity index (χ1v) is 13.3. The van der Waals surface area contributed by atoms with Gasteiger partial charge in [-0.1, -0.05) is 25.4 Å². The van der Waals surface area contributed by atoms with Gasteiger partial charge >= 0.3 is 12.0 Å². The van der Waals surface area contributed by atoms with Gasteiger partial charge in [-0.2, -0.15) is 8.78 Å². The van der Waals surface area contributed by atoms with Crippen LogP contribution < -0.4 is 15.4 Å². The number of nitrogens with one attached hydrogen (secondary N) is 3. The van der Waals surface area contributed by atoms with Crippen molar-refractivity contribution in [1.29, 1.82) is 0 Å². The number of benzene rings is 1. The summed E-state index contributed by atoms with van der Waals surface area (Å²) in [6.07, 6.45) is -1.56. The van der Waals surface area contributed by atoms with E-state index in [2.05, 4.69) is 5.32 Å². The maximum Gasteiger partial charge on any atom is 0.407 e. The Morgan fingerprint density at radius 1 is 1.16 bits per heavy atom. The Bertz CT molecular complexity index is 1190. The third kappa shape index (κ3) is 7.60. The topological polar surface area (TPSA) is 179 Å². The molecule has 16 heteroatoms. The largest absolute Gasteiger partial charge is 0.465 e. The number of carbonyl (C=O) groups is 5. The molecule has 0 aromatic heterocycles. The van der Waals surface area contributed by atoms with Crippen molar-refractivity contribution in [3.63, 3.8) is 0 Å². The van der Waals surface area contributed by atoms with Crippen LogP contribution in [-0.4, -0.2) is 79.1 Å². The summed E-state index contributed by atoms with van der Waals surface area (Å²) in [6, 6.07) is 1.87. The zero-order valence-corrected chi connectivity index (χ0v) is 21.9. The minimum atomic E-state index is -4.61. The molecule has 0 radical (unpaired) electrons. The van der Waals surface area contributed by atoms with Crippen LogP contribution in [0.15, 0.2) is 29.2 Å². The summed E-state index contributed by atoms with van der Waals surface area (Å²) in [5.74, 6) is -11.5. The van der Waals surface area contributed by atoms with Crippen LogP contribution in [-0.2, 0) is 29.2 Å². The van der Waals surface area contributed by atoms with E-state index in [-0.39, 0.29) is 22.9 Å². The van der Waals surface area contributed by atoms with E-state index in [9.17, 15) is 46.3 Å². The SMILES string of the molecule is CC(C)C(NC(=O)C1CCCN1C(=O)O)C(=O)C(F)(F)C(=O)NCCC(=O)NS(=O)(=O)c1ccc(Cl)cc1. The molecule has 4 N–H and O–H groups in total. The zero-order chi connectivity index (χ0) is 28.8. The molecule has 1 heterocycles. The summed E-state index contributed by atoms with van der Waals surface area (Å²) < 4.78 is 55.4. The van der Waals surface area contributed by atoms with E-state index >= 15 is 0 Å². The number of alkyl halides is 2. The minimum absolute atomic E-state index is 0.0703. The van der Waals surface area contributed by atoms with Crippen LogP contribution in [0.3, 0.4) is 0 Å². The molecule has 0 saturated carbocycles. The number of sulfonamides is 1. The molecular weight excluding hydrogens is 554 g/mol. The van der Waals surface area contributed by atoms with Gasteiger partial charge in [0.2, 0.25) is 17.6 Å². The first-order chi connectivity index (χ1) is 17.6. The highest BCUT2D eigenvalue weighted by Crippen LogP contribution is 2.23. The molecule has 4 amide bonds. The van der Waals surface area contributed by atoms with Gasteiger partial charge in [0.1, 0.15) is 6.04 Å². The predicted octanol–water partition coefficient (Wildman–Crippen LogP) is 1.14. The van der Waals surface area contributed by atoms with E-state index in [4.69, 9.17) is 11.6 Å². The normalized spacial score (nSPS) is 16.6. The van der Waals surface area contributed by atoms with Gasteiger partial charge in [-0.25, -0.2) is 17.9 Å². The summed E-state index contributed by atoms with van der Waals surface area (Å²) >= 11 is 5.68. The molecule has 12 nitrogen and oxygen atoms in total. The Labute approximate surface area is 222 Å². The van der Waals surface area contributed by atoms with E-state index < -0.39 is 76.5 Å². The average molecular weight is 581 g/mol. The molecule has 2 rings (SSSR count). The zero-order valence-electron chi connectivity index (χ0n) is 20.4. The van der Waals surface area contributed by atoms with Crippen LogP contribution in [0.25, 0.3) is 0 Å². The maximum atomic E-state index is 14.7. The van der Waals surface area contributed by atoms with Crippen molar-refractivity contribution in [2.24, 2.45) is 5.92 Å². The molecule has 1 fully saturated rings. The number of hydrogen-bond donors (Lipinski definition) is 4. The number of halogens is 3. The standard InChI is InChI=1S/C22H27ClF2N4O8S/c1-12(2)17(27-19(32)15-4-3-11-29(15)21(34)35)18(31)22(24,25)20(33)26-10-9-16(30)28-38(36,37)14-7-5-13(23)6-8-14/h5-8,12,15,17H,3-4,9-11H2,1-2H3,(H,26,33)(H,27,32)(H,28,30)(H,34,35). The van der Waals surface area contributed by atoms with Crippen molar-refractivity contribution >= 4 is 51.2 Å². The number of nitrogens with zero attached hydrogens (tertiary/aromatic N) is 1. The number of ketones is 1. The number of hydrogen-bond acceptors (Lipinski definition) is 7. The minimum Gasteiger partial charge on any atom is -0.465 e. The third-order valence-electron chi connectivity index (χ3n) is 5.65. The number of amides is 4. The molecule has 0 aliphatic carbocycles. The molecule has 1 aliphatic heterocycles. The lowest BCUT2D eigenvalue weighted by Crippen LogP contribution is -2.58. The first-order valence-electron chi connectivity index (χ1n) is 11.4. The summed E-state index contributed by atoms with van der Waals surface area (Å²) in [4.78, 5) is 61.0. The van der Waals surface area contributed by atoms with Gasteiger partial charge in [0.25, 0.3) is 15.9 Å². The average Bonchev–Trinajstić information content (AvgIpc) is 3.32. The van der Waals surface area contributed by atoms with Crippen molar-refractivity contribution in [3.8, 4) is 0 Å². The predicted molar refractivity (Wildman–Crippen MR) is 129 cm³/mol. The van der Waals surface area contributed by atoms with E-state index in [0.717, 1.165) is 17.0 Å². The fraction of sp³-hybridized carbons (Fsp3) is 0.500. The lowest BCUT2D eigenvalue weighted by Gasteiger charge is -2.28.